The van der Waals surface area contributed by atoms with Crippen molar-refractivity contribution >= 4 is 10.9 Å². The van der Waals surface area contributed by atoms with E-state index in [4.69, 9.17) is 4.74 Å². The van der Waals surface area contributed by atoms with Crippen molar-refractivity contribution in [1.29, 1.82) is 0 Å². The molecule has 1 aliphatic rings. The van der Waals surface area contributed by atoms with E-state index in [0.29, 0.717) is 6.10 Å². The van der Waals surface area contributed by atoms with E-state index >= 15 is 0 Å². The van der Waals surface area contributed by atoms with E-state index in [1.165, 1.54) is 10.9 Å². The SMILES string of the molecule is C=CC[C@H]1CO1.Cc1cccc2ncccc12. The van der Waals surface area contributed by atoms with Crippen LogP contribution in [0.2, 0.25) is 0 Å². The molecule has 17 heavy (non-hydrogen) atoms. The molecule has 1 aromatic heterocycles. The Kier molecular flexibility index (Phi) is 3.89. The number of epoxide rings is 1. The van der Waals surface area contributed by atoms with Gasteiger partial charge in [0.1, 0.15) is 0 Å². The predicted molar refractivity (Wildman–Crippen MR) is 71.0 cm³/mol. The zero-order chi connectivity index (χ0) is 12.1. The number of pyridine rings is 1. The summed E-state index contributed by atoms with van der Waals surface area (Å²) in [6.45, 7) is 6.61. The van der Waals surface area contributed by atoms with Gasteiger partial charge in [-0.3, -0.25) is 4.98 Å². The molecule has 0 unspecified atom stereocenters. The maximum Gasteiger partial charge on any atom is 0.0844 e. The summed E-state index contributed by atoms with van der Waals surface area (Å²) in [7, 11) is 0. The van der Waals surface area contributed by atoms with Crippen molar-refractivity contribution in [2.24, 2.45) is 0 Å². The molecule has 88 valence electrons. The van der Waals surface area contributed by atoms with Crippen LogP contribution in [-0.2, 0) is 4.74 Å². The summed E-state index contributed by atoms with van der Waals surface area (Å²) < 4.78 is 4.88. The van der Waals surface area contributed by atoms with E-state index in [1.54, 1.807) is 0 Å². The lowest BCUT2D eigenvalue weighted by atomic mass is 10.1. The van der Waals surface area contributed by atoms with E-state index in [-0.39, 0.29) is 0 Å². The molecular formula is C15H17NO. The van der Waals surface area contributed by atoms with Crippen molar-refractivity contribution in [3.8, 4) is 0 Å². The minimum absolute atomic E-state index is 0.530. The molecule has 0 amide bonds. The largest absolute Gasteiger partial charge is 0.373 e. The average Bonchev–Trinajstić information content (AvgIpc) is 3.15. The molecule has 2 nitrogen and oxygen atoms in total. The minimum Gasteiger partial charge on any atom is -0.373 e. The second-order valence-electron chi connectivity index (χ2n) is 4.12. The van der Waals surface area contributed by atoms with Gasteiger partial charge >= 0.3 is 0 Å². The van der Waals surface area contributed by atoms with Gasteiger partial charge in [0.15, 0.2) is 0 Å². The molecule has 2 heterocycles. The highest BCUT2D eigenvalue weighted by molar-refractivity contribution is 5.81. The molecule has 3 rings (SSSR count). The molecule has 0 spiro atoms. The monoisotopic (exact) mass is 227 g/mol. The summed E-state index contributed by atoms with van der Waals surface area (Å²) in [5, 5.41) is 1.25. The second kappa shape index (κ2) is 5.60. The molecule has 0 N–H and O–H groups in total. The number of nitrogens with zero attached hydrogens (tertiary/aromatic N) is 1. The summed E-state index contributed by atoms with van der Waals surface area (Å²) >= 11 is 0. The molecule has 0 aliphatic carbocycles. The Hall–Kier alpha value is -1.67. The van der Waals surface area contributed by atoms with Gasteiger partial charge < -0.3 is 4.74 Å². The van der Waals surface area contributed by atoms with Crippen LogP contribution in [-0.4, -0.2) is 17.7 Å². The Bertz CT molecular complexity index is 498. The number of benzene rings is 1. The smallest absolute Gasteiger partial charge is 0.0844 e. The van der Waals surface area contributed by atoms with Crippen LogP contribution >= 0.6 is 0 Å². The number of hydrogen-bond acceptors (Lipinski definition) is 2. The molecular weight excluding hydrogens is 210 g/mol. The van der Waals surface area contributed by atoms with Crippen molar-refractivity contribution in [2.45, 2.75) is 19.4 Å². The fraction of sp³-hybridized carbons (Fsp3) is 0.267. The summed E-state index contributed by atoms with van der Waals surface area (Å²) in [6.07, 6.45) is 5.27. The molecule has 0 radical (unpaired) electrons. The van der Waals surface area contributed by atoms with Gasteiger partial charge in [-0.05, 0) is 31.0 Å². The molecule has 1 fully saturated rings. The maximum atomic E-state index is 4.88. The van der Waals surface area contributed by atoms with E-state index < -0.39 is 0 Å². The van der Waals surface area contributed by atoms with Crippen molar-refractivity contribution in [3.63, 3.8) is 0 Å². The highest BCUT2D eigenvalue weighted by Gasteiger charge is 2.19. The van der Waals surface area contributed by atoms with Crippen molar-refractivity contribution in [1.82, 2.24) is 4.98 Å². The lowest BCUT2D eigenvalue weighted by molar-refractivity contribution is 0.410. The van der Waals surface area contributed by atoms with Crippen LogP contribution in [0, 0.1) is 6.92 Å². The van der Waals surface area contributed by atoms with Crippen LogP contribution in [0.4, 0.5) is 0 Å². The first-order chi connectivity index (χ1) is 8.31. The Balaban J connectivity index is 0.000000153. The van der Waals surface area contributed by atoms with Gasteiger partial charge in [0.05, 0.1) is 18.2 Å². The third kappa shape index (κ3) is 3.40. The number of ether oxygens (including phenoxy) is 1. The van der Waals surface area contributed by atoms with Gasteiger partial charge in [0.25, 0.3) is 0 Å². The van der Waals surface area contributed by atoms with Crippen LogP contribution < -0.4 is 0 Å². The molecule has 1 aliphatic heterocycles. The van der Waals surface area contributed by atoms with Gasteiger partial charge in [-0.2, -0.15) is 0 Å². The first kappa shape index (κ1) is 11.8. The van der Waals surface area contributed by atoms with Crippen LogP contribution in [0.1, 0.15) is 12.0 Å². The highest BCUT2D eigenvalue weighted by Crippen LogP contribution is 2.14. The maximum absolute atomic E-state index is 4.88. The third-order valence-corrected chi connectivity index (χ3v) is 2.70. The second-order valence-corrected chi connectivity index (χ2v) is 4.12. The molecule has 1 atom stereocenters. The predicted octanol–water partition coefficient (Wildman–Crippen LogP) is 3.50. The average molecular weight is 227 g/mol. The first-order valence-electron chi connectivity index (χ1n) is 5.84. The van der Waals surface area contributed by atoms with Gasteiger partial charge in [-0.15, -0.1) is 6.58 Å². The van der Waals surface area contributed by atoms with Gasteiger partial charge in [-0.1, -0.05) is 24.3 Å². The van der Waals surface area contributed by atoms with Crippen LogP contribution in [0.25, 0.3) is 10.9 Å². The molecule has 2 heteroatoms. The number of aromatic nitrogens is 1. The number of fused-ring (bicyclic) bond motifs is 1. The van der Waals surface area contributed by atoms with Crippen LogP contribution in [0.3, 0.4) is 0 Å². The fourth-order valence-corrected chi connectivity index (χ4v) is 1.65. The molecule has 0 saturated carbocycles. The summed E-state index contributed by atoms with van der Waals surface area (Å²) in [5.74, 6) is 0. The van der Waals surface area contributed by atoms with Crippen molar-refractivity contribution in [2.75, 3.05) is 6.61 Å². The molecule has 2 aromatic rings. The summed E-state index contributed by atoms with van der Waals surface area (Å²) in [6, 6.07) is 10.2. The van der Waals surface area contributed by atoms with Gasteiger partial charge in [-0.25, -0.2) is 0 Å². The van der Waals surface area contributed by atoms with Crippen molar-refractivity contribution < 1.29 is 4.74 Å². The minimum atomic E-state index is 0.530. The first-order valence-corrected chi connectivity index (χ1v) is 5.84. The highest BCUT2D eigenvalue weighted by atomic mass is 16.6. The van der Waals surface area contributed by atoms with Crippen LogP contribution in [0.15, 0.2) is 49.2 Å². The zero-order valence-electron chi connectivity index (χ0n) is 10.1. The third-order valence-electron chi connectivity index (χ3n) is 2.70. The Morgan fingerprint density at radius 1 is 1.41 bits per heavy atom. The van der Waals surface area contributed by atoms with Gasteiger partial charge in [0, 0.05) is 11.6 Å². The zero-order valence-corrected chi connectivity index (χ0v) is 10.1. The normalized spacial score (nSPS) is 17.1. The summed E-state index contributed by atoms with van der Waals surface area (Å²) in [4.78, 5) is 4.24. The van der Waals surface area contributed by atoms with Crippen molar-refractivity contribution in [3.05, 3.63) is 54.7 Å². The van der Waals surface area contributed by atoms with Gasteiger partial charge in [0.2, 0.25) is 0 Å². The number of rotatable bonds is 2. The number of hydrogen-bond donors (Lipinski definition) is 0. The van der Waals surface area contributed by atoms with Crippen LogP contribution in [0.5, 0.6) is 0 Å². The summed E-state index contributed by atoms with van der Waals surface area (Å²) in [5.41, 5.74) is 2.36. The lowest BCUT2D eigenvalue weighted by Gasteiger charge is -1.97. The Labute approximate surface area is 102 Å². The van der Waals surface area contributed by atoms with E-state index in [2.05, 4.69) is 30.6 Å². The van der Waals surface area contributed by atoms with E-state index in [9.17, 15) is 0 Å². The Morgan fingerprint density at radius 3 is 2.82 bits per heavy atom. The fourth-order valence-electron chi connectivity index (χ4n) is 1.65. The molecule has 0 bridgehead atoms. The molecule has 1 saturated heterocycles. The number of aryl methyl sites for hydroxylation is 1. The van der Waals surface area contributed by atoms with E-state index in [0.717, 1.165) is 18.5 Å². The Morgan fingerprint density at radius 2 is 2.24 bits per heavy atom. The quantitative estimate of drug-likeness (QED) is 0.579. The standard InChI is InChI=1S/C10H9N.C5H8O/c1-8-4-2-6-10-9(8)5-3-7-11-10;1-2-3-5-4-6-5/h2-7H,1H3;2,5H,1,3-4H2/t;5-/m.0/s1. The van der Waals surface area contributed by atoms with E-state index in [1.807, 2.05) is 30.5 Å². The topological polar surface area (TPSA) is 25.4 Å². The lowest BCUT2D eigenvalue weighted by Crippen LogP contribution is -1.79. The molecule has 1 aromatic carbocycles.